The Morgan fingerprint density at radius 2 is 1.56 bits per heavy atom. The maximum Gasteiger partial charge on any atom is 0.241 e. The smallest absolute Gasteiger partial charge is 0.241 e. The fraction of sp³-hybridized carbons (Fsp3) is 0.680. The second kappa shape index (κ2) is 10.2. The Balaban J connectivity index is 1.26. The molecular formula is C25H38N4O3. The van der Waals surface area contributed by atoms with Gasteiger partial charge in [0.15, 0.2) is 0 Å². The number of likely N-dealkylation sites (tertiary alicyclic amines) is 1. The normalized spacial score (nSPS) is 24.8. The minimum Gasteiger partial charge on any atom is -0.497 e. The number of nitrogens with zero attached hydrogens (tertiary/aromatic N) is 4. The molecule has 32 heavy (non-hydrogen) atoms. The van der Waals surface area contributed by atoms with Crippen molar-refractivity contribution in [1.82, 2.24) is 14.7 Å². The van der Waals surface area contributed by atoms with E-state index in [1.165, 1.54) is 12.0 Å². The van der Waals surface area contributed by atoms with Gasteiger partial charge in [0, 0.05) is 51.5 Å². The van der Waals surface area contributed by atoms with Crippen LogP contribution < -0.4 is 9.64 Å². The largest absolute Gasteiger partial charge is 0.497 e. The molecule has 0 spiro atoms. The molecule has 2 unspecified atom stereocenters. The van der Waals surface area contributed by atoms with E-state index < -0.39 is 0 Å². The van der Waals surface area contributed by atoms with Gasteiger partial charge in [0.05, 0.1) is 20.2 Å². The van der Waals surface area contributed by atoms with Crippen LogP contribution in [0.1, 0.15) is 32.3 Å². The Morgan fingerprint density at radius 3 is 2.19 bits per heavy atom. The van der Waals surface area contributed by atoms with Gasteiger partial charge in [0.1, 0.15) is 5.75 Å². The molecule has 0 radical (unpaired) electrons. The summed E-state index contributed by atoms with van der Waals surface area (Å²) in [6, 6.07) is 6.00. The maximum atomic E-state index is 13.1. The van der Waals surface area contributed by atoms with Gasteiger partial charge in [-0.2, -0.15) is 0 Å². The van der Waals surface area contributed by atoms with Gasteiger partial charge < -0.3 is 14.5 Å². The minimum atomic E-state index is 0.164. The summed E-state index contributed by atoms with van der Waals surface area (Å²) in [5, 5.41) is 0. The van der Waals surface area contributed by atoms with Crippen LogP contribution in [0, 0.1) is 11.8 Å². The van der Waals surface area contributed by atoms with Crippen LogP contribution in [-0.4, -0.2) is 92.5 Å². The van der Waals surface area contributed by atoms with E-state index >= 15 is 0 Å². The molecule has 7 nitrogen and oxygen atoms in total. The Hall–Kier alpha value is -2.12. The van der Waals surface area contributed by atoms with E-state index in [9.17, 15) is 9.59 Å². The Labute approximate surface area is 192 Å². The number of ether oxygens (including phenoxy) is 1. The first-order valence-electron chi connectivity index (χ1n) is 12.1. The second-order valence-electron chi connectivity index (χ2n) is 9.94. The molecule has 0 bridgehead atoms. The van der Waals surface area contributed by atoms with Crippen molar-refractivity contribution >= 4 is 17.5 Å². The lowest BCUT2D eigenvalue weighted by Crippen LogP contribution is -2.53. The SMILES string of the molecule is COc1ccc2c(c1)CCCN2C(=O)CN1CCN(CC(=O)N2CC(C)CC(C)C2)CC1. The van der Waals surface area contributed by atoms with Crippen molar-refractivity contribution < 1.29 is 14.3 Å². The Kier molecular flexibility index (Phi) is 7.36. The first-order chi connectivity index (χ1) is 15.4. The van der Waals surface area contributed by atoms with Crippen LogP contribution in [0.2, 0.25) is 0 Å². The molecule has 1 aromatic rings. The molecule has 3 heterocycles. The van der Waals surface area contributed by atoms with E-state index in [0.29, 0.717) is 24.9 Å². The summed E-state index contributed by atoms with van der Waals surface area (Å²) in [4.78, 5) is 34.3. The van der Waals surface area contributed by atoms with E-state index in [2.05, 4.69) is 28.5 Å². The number of anilines is 1. The highest BCUT2D eigenvalue weighted by atomic mass is 16.5. The molecule has 0 aromatic heterocycles. The topological polar surface area (TPSA) is 56.3 Å². The second-order valence-corrected chi connectivity index (χ2v) is 9.94. The van der Waals surface area contributed by atoms with E-state index in [1.807, 2.05) is 23.1 Å². The highest BCUT2D eigenvalue weighted by molar-refractivity contribution is 5.96. The molecule has 0 saturated carbocycles. The Bertz CT molecular complexity index is 811. The van der Waals surface area contributed by atoms with Gasteiger partial charge in [0.25, 0.3) is 0 Å². The van der Waals surface area contributed by atoms with Crippen LogP contribution in [0.25, 0.3) is 0 Å². The Morgan fingerprint density at radius 1 is 0.938 bits per heavy atom. The summed E-state index contributed by atoms with van der Waals surface area (Å²) in [5.74, 6) is 2.44. The summed E-state index contributed by atoms with van der Waals surface area (Å²) >= 11 is 0. The lowest BCUT2D eigenvalue weighted by molar-refractivity contribution is -0.135. The van der Waals surface area contributed by atoms with Gasteiger partial charge >= 0.3 is 0 Å². The number of hydrogen-bond donors (Lipinski definition) is 0. The van der Waals surface area contributed by atoms with Crippen LogP contribution in [0.4, 0.5) is 5.69 Å². The third-order valence-corrected chi connectivity index (χ3v) is 7.11. The van der Waals surface area contributed by atoms with Crippen LogP contribution in [0.5, 0.6) is 5.75 Å². The summed E-state index contributed by atoms with van der Waals surface area (Å²) in [6.45, 7) is 11.3. The van der Waals surface area contributed by atoms with Crippen LogP contribution in [0.15, 0.2) is 18.2 Å². The van der Waals surface area contributed by atoms with E-state index in [-0.39, 0.29) is 11.8 Å². The average molecular weight is 443 g/mol. The predicted octanol–water partition coefficient (Wildman–Crippen LogP) is 2.10. The van der Waals surface area contributed by atoms with E-state index in [4.69, 9.17) is 4.74 Å². The number of hydrogen-bond acceptors (Lipinski definition) is 5. The van der Waals surface area contributed by atoms with Crippen molar-refractivity contribution in [3.05, 3.63) is 23.8 Å². The summed E-state index contributed by atoms with van der Waals surface area (Å²) in [6.07, 6.45) is 3.18. The molecule has 176 valence electrons. The van der Waals surface area contributed by atoms with Crippen molar-refractivity contribution in [2.75, 3.05) is 70.9 Å². The molecule has 3 aliphatic rings. The quantitative estimate of drug-likeness (QED) is 0.699. The minimum absolute atomic E-state index is 0.164. The maximum absolute atomic E-state index is 13.1. The number of carbonyl (C=O) groups excluding carboxylic acids is 2. The van der Waals surface area contributed by atoms with Crippen molar-refractivity contribution in [3.8, 4) is 5.75 Å². The number of piperazine rings is 1. The number of amides is 2. The number of benzene rings is 1. The first-order valence-corrected chi connectivity index (χ1v) is 12.1. The third kappa shape index (κ3) is 5.44. The summed E-state index contributed by atoms with van der Waals surface area (Å²) in [7, 11) is 1.67. The van der Waals surface area contributed by atoms with Gasteiger partial charge in [0.2, 0.25) is 11.8 Å². The number of aryl methyl sites for hydroxylation is 1. The predicted molar refractivity (Wildman–Crippen MR) is 126 cm³/mol. The average Bonchev–Trinajstić information content (AvgIpc) is 2.78. The highest BCUT2D eigenvalue weighted by Gasteiger charge is 2.29. The highest BCUT2D eigenvalue weighted by Crippen LogP contribution is 2.30. The van der Waals surface area contributed by atoms with Crippen LogP contribution >= 0.6 is 0 Å². The van der Waals surface area contributed by atoms with Gasteiger partial charge in [-0.15, -0.1) is 0 Å². The van der Waals surface area contributed by atoms with Gasteiger partial charge in [-0.25, -0.2) is 0 Å². The molecule has 1 aromatic carbocycles. The molecule has 4 rings (SSSR count). The summed E-state index contributed by atoms with van der Waals surface area (Å²) in [5.41, 5.74) is 2.21. The molecule has 2 fully saturated rings. The van der Waals surface area contributed by atoms with Crippen molar-refractivity contribution in [2.45, 2.75) is 33.1 Å². The van der Waals surface area contributed by atoms with Gasteiger partial charge in [-0.05, 0) is 54.9 Å². The molecule has 2 atom stereocenters. The van der Waals surface area contributed by atoms with E-state index in [1.54, 1.807) is 7.11 Å². The lowest BCUT2D eigenvalue weighted by atomic mass is 9.92. The van der Waals surface area contributed by atoms with Gasteiger partial charge in [-0.3, -0.25) is 19.4 Å². The standard InChI is InChI=1S/C25H38N4O3/c1-19-13-20(2)16-28(15-19)24(30)17-26-9-11-27(12-10-26)18-25(31)29-8-4-5-21-14-22(32-3)6-7-23(21)29/h6-7,14,19-20H,4-5,8-13,15-18H2,1-3H3. The zero-order chi connectivity index (χ0) is 22.7. The number of methoxy groups -OCH3 is 1. The molecule has 2 saturated heterocycles. The molecular weight excluding hydrogens is 404 g/mol. The number of piperidine rings is 1. The van der Waals surface area contributed by atoms with Crippen LogP contribution in [0.3, 0.4) is 0 Å². The zero-order valence-electron chi connectivity index (χ0n) is 19.9. The van der Waals surface area contributed by atoms with Crippen molar-refractivity contribution in [3.63, 3.8) is 0 Å². The molecule has 0 aliphatic carbocycles. The van der Waals surface area contributed by atoms with Gasteiger partial charge in [-0.1, -0.05) is 13.8 Å². The molecule has 7 heteroatoms. The molecule has 3 aliphatic heterocycles. The van der Waals surface area contributed by atoms with Crippen LogP contribution in [-0.2, 0) is 16.0 Å². The fourth-order valence-corrected chi connectivity index (χ4v) is 5.50. The summed E-state index contributed by atoms with van der Waals surface area (Å²) < 4.78 is 5.34. The fourth-order valence-electron chi connectivity index (χ4n) is 5.50. The van der Waals surface area contributed by atoms with Crippen molar-refractivity contribution in [2.24, 2.45) is 11.8 Å². The number of carbonyl (C=O) groups is 2. The lowest BCUT2D eigenvalue weighted by Gasteiger charge is -2.39. The zero-order valence-corrected chi connectivity index (χ0v) is 19.9. The monoisotopic (exact) mass is 442 g/mol. The molecule has 0 N–H and O–H groups in total. The number of rotatable bonds is 5. The van der Waals surface area contributed by atoms with E-state index in [0.717, 1.165) is 70.1 Å². The van der Waals surface area contributed by atoms with Crippen molar-refractivity contribution in [1.29, 1.82) is 0 Å². The molecule has 2 amide bonds. The number of fused-ring (bicyclic) bond motifs is 1. The third-order valence-electron chi connectivity index (χ3n) is 7.11. The first kappa shape index (κ1) is 23.1.